The van der Waals surface area contributed by atoms with E-state index in [0.717, 1.165) is 16.4 Å². The van der Waals surface area contributed by atoms with Gasteiger partial charge in [0.25, 0.3) is 5.91 Å². The van der Waals surface area contributed by atoms with Crippen LogP contribution in [0.1, 0.15) is 36.0 Å². The van der Waals surface area contributed by atoms with E-state index in [9.17, 15) is 4.79 Å². The van der Waals surface area contributed by atoms with E-state index in [4.69, 9.17) is 16.3 Å². The number of hydrogen-bond acceptors (Lipinski definition) is 2. The monoisotopic (exact) mass is 405 g/mol. The topological polar surface area (TPSA) is 29.5 Å². The van der Waals surface area contributed by atoms with Gasteiger partial charge in [0.2, 0.25) is 0 Å². The zero-order valence-corrected chi connectivity index (χ0v) is 14.1. The van der Waals surface area contributed by atoms with E-state index in [1.54, 1.807) is 6.07 Å². The number of rotatable bonds is 1. The van der Waals surface area contributed by atoms with Crippen LogP contribution >= 0.6 is 34.2 Å². The van der Waals surface area contributed by atoms with Crippen LogP contribution in [0.2, 0.25) is 5.02 Å². The fourth-order valence-electron chi connectivity index (χ4n) is 3.14. The summed E-state index contributed by atoms with van der Waals surface area (Å²) in [6.07, 6.45) is 4.73. The number of carbonyl (C=O) groups excluding carboxylic acids is 1. The molecule has 1 saturated carbocycles. The predicted molar refractivity (Wildman–Crippen MR) is 87.2 cm³/mol. The largest absolute Gasteiger partial charge is 0.374 e. The molecule has 1 aromatic carbocycles. The molecule has 20 heavy (non-hydrogen) atoms. The fourth-order valence-corrected chi connectivity index (χ4v) is 3.66. The van der Waals surface area contributed by atoms with Crippen LogP contribution in [0, 0.1) is 3.57 Å². The summed E-state index contributed by atoms with van der Waals surface area (Å²) < 4.78 is 6.79. The lowest BCUT2D eigenvalue weighted by molar-refractivity contribution is -0.0752. The zero-order chi connectivity index (χ0) is 14.1. The summed E-state index contributed by atoms with van der Waals surface area (Å²) >= 11 is 8.30. The molecule has 5 heteroatoms. The Morgan fingerprint density at radius 1 is 1.35 bits per heavy atom. The molecule has 3 nitrogen and oxygen atoms in total. The molecule has 1 aliphatic heterocycles. The van der Waals surface area contributed by atoms with Crippen LogP contribution in [-0.4, -0.2) is 36.1 Å². The summed E-state index contributed by atoms with van der Waals surface area (Å²) in [5, 5.41) is 0.643. The highest BCUT2D eigenvalue weighted by molar-refractivity contribution is 14.1. The Bertz CT molecular complexity index is 521. The predicted octanol–water partition coefficient (Wildman–Crippen LogP) is 3.73. The number of halogens is 2. The molecule has 0 aromatic heterocycles. The summed E-state index contributed by atoms with van der Waals surface area (Å²) in [6, 6.07) is 5.78. The van der Waals surface area contributed by atoms with Gasteiger partial charge in [0.15, 0.2) is 0 Å². The van der Waals surface area contributed by atoms with Crippen LogP contribution in [0.5, 0.6) is 0 Å². The summed E-state index contributed by atoms with van der Waals surface area (Å²) in [5.74, 6) is 0.0866. The molecule has 1 aromatic rings. The average Bonchev–Trinajstić information content (AvgIpc) is 2.49. The molecule has 1 saturated heterocycles. The quantitative estimate of drug-likeness (QED) is 0.666. The molecule has 0 spiro atoms. The molecule has 3 rings (SSSR count). The lowest BCUT2D eigenvalue weighted by Gasteiger charge is -2.43. The van der Waals surface area contributed by atoms with Crippen LogP contribution in [0.25, 0.3) is 0 Å². The van der Waals surface area contributed by atoms with Crippen LogP contribution in [-0.2, 0) is 4.74 Å². The molecule has 2 fully saturated rings. The van der Waals surface area contributed by atoms with E-state index in [1.165, 1.54) is 12.8 Å². The highest BCUT2D eigenvalue weighted by Gasteiger charge is 2.36. The molecule has 1 heterocycles. The highest BCUT2D eigenvalue weighted by Crippen LogP contribution is 2.30. The van der Waals surface area contributed by atoms with Crippen molar-refractivity contribution in [2.75, 3.05) is 13.2 Å². The molecule has 1 aliphatic carbocycles. The SMILES string of the molecule is O=C(c1ccc(I)c(Cl)c1)N1CCOC2CCCCC21. The van der Waals surface area contributed by atoms with E-state index in [-0.39, 0.29) is 18.1 Å². The van der Waals surface area contributed by atoms with Gasteiger partial charge in [-0.25, -0.2) is 0 Å². The maximum absolute atomic E-state index is 12.7. The van der Waals surface area contributed by atoms with Crippen molar-refractivity contribution in [3.8, 4) is 0 Å². The van der Waals surface area contributed by atoms with Gasteiger partial charge >= 0.3 is 0 Å². The number of benzene rings is 1. The van der Waals surface area contributed by atoms with Crippen LogP contribution in [0.4, 0.5) is 0 Å². The minimum Gasteiger partial charge on any atom is -0.374 e. The van der Waals surface area contributed by atoms with E-state index < -0.39 is 0 Å². The molecule has 2 aliphatic rings. The Labute approximate surface area is 137 Å². The Morgan fingerprint density at radius 3 is 2.95 bits per heavy atom. The lowest BCUT2D eigenvalue weighted by atomic mass is 9.89. The first-order chi connectivity index (χ1) is 9.66. The van der Waals surface area contributed by atoms with Crippen LogP contribution in [0.15, 0.2) is 18.2 Å². The minimum absolute atomic E-state index is 0.0866. The smallest absolute Gasteiger partial charge is 0.254 e. The molecular formula is C15H17ClINO2. The second-order valence-electron chi connectivity index (χ2n) is 5.39. The number of morpholine rings is 1. The molecule has 0 radical (unpaired) electrons. The molecule has 0 bridgehead atoms. The summed E-state index contributed by atoms with van der Waals surface area (Å²) in [6.45, 7) is 1.33. The second kappa shape index (κ2) is 6.20. The summed E-state index contributed by atoms with van der Waals surface area (Å²) in [7, 11) is 0. The number of ether oxygens (including phenoxy) is 1. The average molecular weight is 406 g/mol. The standard InChI is InChI=1S/C15H17ClINO2/c16-11-9-10(5-6-12(11)17)15(19)18-7-8-20-14-4-2-1-3-13(14)18/h5-6,9,13-14H,1-4,7-8H2. The molecule has 2 atom stereocenters. The molecule has 0 N–H and O–H groups in total. The van der Waals surface area contributed by atoms with Crippen molar-refractivity contribution in [2.24, 2.45) is 0 Å². The highest BCUT2D eigenvalue weighted by atomic mass is 127. The van der Waals surface area contributed by atoms with E-state index in [0.29, 0.717) is 23.7 Å². The van der Waals surface area contributed by atoms with Gasteiger partial charge in [-0.2, -0.15) is 0 Å². The van der Waals surface area contributed by atoms with Gasteiger partial charge in [0.1, 0.15) is 0 Å². The van der Waals surface area contributed by atoms with E-state index >= 15 is 0 Å². The van der Waals surface area contributed by atoms with Crippen LogP contribution in [0.3, 0.4) is 0 Å². The number of amides is 1. The Morgan fingerprint density at radius 2 is 2.15 bits per heavy atom. The third-order valence-electron chi connectivity index (χ3n) is 4.16. The normalized spacial score (nSPS) is 26.2. The van der Waals surface area contributed by atoms with Crippen molar-refractivity contribution in [1.82, 2.24) is 4.90 Å². The third-order valence-corrected chi connectivity index (χ3v) is 5.73. The van der Waals surface area contributed by atoms with Crippen molar-refractivity contribution in [3.05, 3.63) is 32.4 Å². The van der Waals surface area contributed by atoms with Gasteiger partial charge in [-0.05, 0) is 53.6 Å². The van der Waals surface area contributed by atoms with Gasteiger partial charge in [-0.3, -0.25) is 4.79 Å². The van der Waals surface area contributed by atoms with Crippen molar-refractivity contribution in [1.29, 1.82) is 0 Å². The first kappa shape index (κ1) is 14.6. The number of carbonyl (C=O) groups is 1. The minimum atomic E-state index is 0.0866. The molecule has 2 unspecified atom stereocenters. The van der Waals surface area contributed by atoms with Crippen molar-refractivity contribution >= 4 is 40.1 Å². The number of nitrogens with zero attached hydrogens (tertiary/aromatic N) is 1. The Kier molecular flexibility index (Phi) is 4.52. The molecule has 108 valence electrons. The molecule has 1 amide bonds. The van der Waals surface area contributed by atoms with Crippen molar-refractivity contribution < 1.29 is 9.53 Å². The van der Waals surface area contributed by atoms with Gasteiger partial charge in [-0.1, -0.05) is 24.4 Å². The fraction of sp³-hybridized carbons (Fsp3) is 0.533. The molecular weight excluding hydrogens is 389 g/mol. The second-order valence-corrected chi connectivity index (χ2v) is 6.96. The zero-order valence-electron chi connectivity index (χ0n) is 11.1. The van der Waals surface area contributed by atoms with Gasteiger partial charge < -0.3 is 9.64 Å². The van der Waals surface area contributed by atoms with Crippen molar-refractivity contribution in [2.45, 2.75) is 37.8 Å². The van der Waals surface area contributed by atoms with E-state index in [1.807, 2.05) is 17.0 Å². The van der Waals surface area contributed by atoms with E-state index in [2.05, 4.69) is 22.6 Å². The Hall–Kier alpha value is -0.330. The lowest BCUT2D eigenvalue weighted by Crippen LogP contribution is -2.54. The summed E-state index contributed by atoms with van der Waals surface area (Å²) in [4.78, 5) is 14.7. The maximum Gasteiger partial charge on any atom is 0.254 e. The number of fused-ring (bicyclic) bond motifs is 1. The van der Waals surface area contributed by atoms with Crippen molar-refractivity contribution in [3.63, 3.8) is 0 Å². The summed E-state index contributed by atoms with van der Waals surface area (Å²) in [5.41, 5.74) is 0.682. The van der Waals surface area contributed by atoms with Gasteiger partial charge in [0, 0.05) is 15.7 Å². The first-order valence-corrected chi connectivity index (χ1v) is 8.50. The van der Waals surface area contributed by atoms with Gasteiger partial charge in [-0.15, -0.1) is 0 Å². The maximum atomic E-state index is 12.7. The Balaban J connectivity index is 1.83. The number of hydrogen-bond donors (Lipinski definition) is 0. The van der Waals surface area contributed by atoms with Crippen LogP contribution < -0.4 is 0 Å². The van der Waals surface area contributed by atoms with Gasteiger partial charge in [0.05, 0.1) is 23.8 Å². The first-order valence-electron chi connectivity index (χ1n) is 7.04. The third kappa shape index (κ3) is 2.83.